The molecule has 0 radical (unpaired) electrons. The first-order chi connectivity index (χ1) is 16.7. The summed E-state index contributed by atoms with van der Waals surface area (Å²) in [6.45, 7) is 4.42. The van der Waals surface area contributed by atoms with Gasteiger partial charge in [-0.3, -0.25) is 19.1 Å². The molecular formula is C26H29N5O4. The number of rotatable bonds is 7. The standard InChI is InChI=1S/C26H29N5O4/c1-17-9-11-18(12-10-17)14-28-25(34)26(2)16-31-21(24(33)30(26)3)13-20(29-31)23(32)27-15-19-7-5-6-8-22(19)35-4/h5-13H,14-16H2,1-4H3,(H,27,32)(H,28,34). The Bertz CT molecular complexity index is 1270. The summed E-state index contributed by atoms with van der Waals surface area (Å²) in [6.07, 6.45) is 0. The quantitative estimate of drug-likeness (QED) is 0.546. The highest BCUT2D eigenvalue weighted by molar-refractivity contribution is 6.01. The number of benzene rings is 2. The van der Waals surface area contributed by atoms with Crippen molar-refractivity contribution in [1.82, 2.24) is 25.3 Å². The van der Waals surface area contributed by atoms with E-state index in [9.17, 15) is 14.4 Å². The molecule has 1 atom stereocenters. The molecule has 2 aromatic carbocycles. The number of para-hydroxylation sites is 1. The molecule has 2 N–H and O–H groups in total. The van der Waals surface area contributed by atoms with Crippen molar-refractivity contribution < 1.29 is 19.1 Å². The van der Waals surface area contributed by atoms with Crippen molar-refractivity contribution in [2.24, 2.45) is 0 Å². The first-order valence-corrected chi connectivity index (χ1v) is 11.3. The number of hydrogen-bond donors (Lipinski definition) is 2. The van der Waals surface area contributed by atoms with Crippen molar-refractivity contribution in [2.45, 2.75) is 39.0 Å². The lowest BCUT2D eigenvalue weighted by atomic mass is 9.95. The fraction of sp³-hybridized carbons (Fsp3) is 0.308. The molecule has 4 rings (SSSR count). The summed E-state index contributed by atoms with van der Waals surface area (Å²) in [5.74, 6) is -0.419. The fourth-order valence-electron chi connectivity index (χ4n) is 4.03. The number of hydrogen-bond acceptors (Lipinski definition) is 5. The zero-order valence-electron chi connectivity index (χ0n) is 20.3. The largest absolute Gasteiger partial charge is 0.496 e. The van der Waals surface area contributed by atoms with E-state index in [2.05, 4.69) is 15.7 Å². The van der Waals surface area contributed by atoms with Crippen molar-refractivity contribution in [3.63, 3.8) is 0 Å². The van der Waals surface area contributed by atoms with Gasteiger partial charge in [0.15, 0.2) is 5.69 Å². The predicted molar refractivity (Wildman–Crippen MR) is 130 cm³/mol. The van der Waals surface area contributed by atoms with E-state index in [-0.39, 0.29) is 36.3 Å². The van der Waals surface area contributed by atoms with Gasteiger partial charge in [0.1, 0.15) is 17.0 Å². The van der Waals surface area contributed by atoms with Gasteiger partial charge in [-0.15, -0.1) is 0 Å². The Morgan fingerprint density at radius 3 is 2.51 bits per heavy atom. The minimum absolute atomic E-state index is 0.112. The molecule has 9 heteroatoms. The highest BCUT2D eigenvalue weighted by atomic mass is 16.5. The Morgan fingerprint density at radius 2 is 1.80 bits per heavy atom. The minimum atomic E-state index is -1.16. The molecule has 0 aliphatic carbocycles. The van der Waals surface area contributed by atoms with Crippen LogP contribution in [-0.2, 0) is 24.4 Å². The molecule has 1 aliphatic rings. The molecule has 1 aliphatic heterocycles. The van der Waals surface area contributed by atoms with E-state index in [0.717, 1.165) is 16.7 Å². The second-order valence-electron chi connectivity index (χ2n) is 8.87. The van der Waals surface area contributed by atoms with Gasteiger partial charge in [0, 0.05) is 31.8 Å². The molecule has 3 amide bonds. The number of amides is 3. The van der Waals surface area contributed by atoms with Gasteiger partial charge in [-0.25, -0.2) is 0 Å². The molecular weight excluding hydrogens is 446 g/mol. The lowest BCUT2D eigenvalue weighted by molar-refractivity contribution is -0.132. The number of methoxy groups -OCH3 is 1. The topological polar surface area (TPSA) is 106 Å². The summed E-state index contributed by atoms with van der Waals surface area (Å²) in [5.41, 5.74) is 2.14. The third kappa shape index (κ3) is 4.75. The molecule has 0 spiro atoms. The maximum Gasteiger partial charge on any atom is 0.272 e. The molecule has 1 unspecified atom stereocenters. The van der Waals surface area contributed by atoms with E-state index in [1.165, 1.54) is 15.6 Å². The molecule has 35 heavy (non-hydrogen) atoms. The maximum atomic E-state index is 13.1. The number of ether oxygens (including phenoxy) is 1. The average molecular weight is 476 g/mol. The van der Waals surface area contributed by atoms with Crippen LogP contribution in [0.15, 0.2) is 54.6 Å². The van der Waals surface area contributed by atoms with Crippen LogP contribution in [0.1, 0.15) is 44.6 Å². The molecule has 0 saturated carbocycles. The van der Waals surface area contributed by atoms with E-state index in [1.807, 2.05) is 55.5 Å². The van der Waals surface area contributed by atoms with E-state index in [0.29, 0.717) is 12.3 Å². The van der Waals surface area contributed by atoms with Crippen LogP contribution < -0.4 is 15.4 Å². The zero-order valence-corrected chi connectivity index (χ0v) is 20.3. The van der Waals surface area contributed by atoms with Gasteiger partial charge in [-0.05, 0) is 25.5 Å². The Balaban J connectivity index is 1.47. The van der Waals surface area contributed by atoms with Crippen molar-refractivity contribution in [2.75, 3.05) is 14.2 Å². The molecule has 9 nitrogen and oxygen atoms in total. The Labute approximate surface area is 204 Å². The van der Waals surface area contributed by atoms with Crippen LogP contribution >= 0.6 is 0 Å². The highest BCUT2D eigenvalue weighted by Crippen LogP contribution is 2.26. The summed E-state index contributed by atoms with van der Waals surface area (Å²) in [5, 5.41) is 10.1. The monoisotopic (exact) mass is 475 g/mol. The predicted octanol–water partition coefficient (Wildman–Crippen LogP) is 2.29. The van der Waals surface area contributed by atoms with Gasteiger partial charge in [0.05, 0.1) is 13.7 Å². The van der Waals surface area contributed by atoms with Gasteiger partial charge in [-0.1, -0.05) is 48.0 Å². The van der Waals surface area contributed by atoms with Gasteiger partial charge >= 0.3 is 0 Å². The summed E-state index contributed by atoms with van der Waals surface area (Å²) in [4.78, 5) is 40.4. The summed E-state index contributed by atoms with van der Waals surface area (Å²) >= 11 is 0. The molecule has 0 saturated heterocycles. The zero-order chi connectivity index (χ0) is 25.2. The SMILES string of the molecule is COc1ccccc1CNC(=O)c1cc2n(n1)CC(C)(C(=O)NCc1ccc(C)cc1)N(C)C2=O. The summed E-state index contributed by atoms with van der Waals surface area (Å²) < 4.78 is 6.75. The van der Waals surface area contributed by atoms with Crippen LogP contribution in [0.4, 0.5) is 0 Å². The second kappa shape index (κ2) is 9.61. The van der Waals surface area contributed by atoms with Crippen molar-refractivity contribution >= 4 is 17.7 Å². The lowest BCUT2D eigenvalue weighted by Gasteiger charge is -2.40. The van der Waals surface area contributed by atoms with Gasteiger partial charge in [0.2, 0.25) is 5.91 Å². The van der Waals surface area contributed by atoms with E-state index < -0.39 is 11.4 Å². The van der Waals surface area contributed by atoms with Crippen LogP contribution in [0.2, 0.25) is 0 Å². The smallest absolute Gasteiger partial charge is 0.272 e. The average Bonchev–Trinajstić information content (AvgIpc) is 3.29. The van der Waals surface area contributed by atoms with Crippen molar-refractivity contribution in [3.8, 4) is 5.75 Å². The molecule has 0 fully saturated rings. The highest BCUT2D eigenvalue weighted by Gasteiger charge is 2.46. The number of nitrogens with one attached hydrogen (secondary N) is 2. The maximum absolute atomic E-state index is 13.1. The third-order valence-electron chi connectivity index (χ3n) is 6.43. The van der Waals surface area contributed by atoms with Crippen LogP contribution in [0, 0.1) is 6.92 Å². The Kier molecular flexibility index (Phi) is 6.59. The summed E-state index contributed by atoms with van der Waals surface area (Å²) in [6, 6.07) is 16.7. The van der Waals surface area contributed by atoms with Gasteiger partial charge in [-0.2, -0.15) is 5.10 Å². The van der Waals surface area contributed by atoms with E-state index in [4.69, 9.17) is 4.74 Å². The number of aromatic nitrogens is 2. The van der Waals surface area contributed by atoms with Crippen LogP contribution in [0.25, 0.3) is 0 Å². The minimum Gasteiger partial charge on any atom is -0.496 e. The first kappa shape index (κ1) is 24.0. The number of fused-ring (bicyclic) bond motifs is 1. The van der Waals surface area contributed by atoms with Crippen molar-refractivity contribution in [1.29, 1.82) is 0 Å². The van der Waals surface area contributed by atoms with E-state index >= 15 is 0 Å². The summed E-state index contributed by atoms with van der Waals surface area (Å²) in [7, 11) is 3.16. The van der Waals surface area contributed by atoms with Gasteiger partial charge in [0.25, 0.3) is 11.8 Å². The molecule has 1 aromatic heterocycles. The number of aryl methyl sites for hydroxylation is 1. The lowest BCUT2D eigenvalue weighted by Crippen LogP contribution is -2.62. The fourth-order valence-corrected chi connectivity index (χ4v) is 4.03. The normalized spacial score (nSPS) is 17.0. The Morgan fingerprint density at radius 1 is 1.09 bits per heavy atom. The van der Waals surface area contributed by atoms with Crippen LogP contribution in [0.3, 0.4) is 0 Å². The number of carbonyl (C=O) groups is 3. The molecule has 2 heterocycles. The molecule has 3 aromatic rings. The second-order valence-corrected chi connectivity index (χ2v) is 8.87. The Hall–Kier alpha value is -4.14. The number of likely N-dealkylation sites (N-methyl/N-ethyl adjacent to an activating group) is 1. The van der Waals surface area contributed by atoms with E-state index in [1.54, 1.807) is 21.1 Å². The van der Waals surface area contributed by atoms with Crippen LogP contribution in [0.5, 0.6) is 5.75 Å². The van der Waals surface area contributed by atoms with Crippen molar-refractivity contribution in [3.05, 3.63) is 82.7 Å². The third-order valence-corrected chi connectivity index (χ3v) is 6.43. The number of carbonyl (C=O) groups excluding carboxylic acids is 3. The molecule has 0 bridgehead atoms. The van der Waals surface area contributed by atoms with Gasteiger partial charge < -0.3 is 20.3 Å². The molecule has 182 valence electrons. The number of nitrogens with zero attached hydrogens (tertiary/aromatic N) is 3. The van der Waals surface area contributed by atoms with Crippen LogP contribution in [-0.4, -0.2) is 52.1 Å². The first-order valence-electron chi connectivity index (χ1n) is 11.3.